The molecule has 1 aromatic rings. The van der Waals surface area contributed by atoms with Crippen LogP contribution in [-0.2, 0) is 21.3 Å². The maximum Gasteiger partial charge on any atom is 0.411 e. The van der Waals surface area contributed by atoms with Crippen molar-refractivity contribution >= 4 is 10.0 Å². The number of nitrogens with one attached hydrogen (secondary N) is 1. The zero-order valence-electron chi connectivity index (χ0n) is 10.5. The summed E-state index contributed by atoms with van der Waals surface area (Å²) in [4.78, 5) is 0.0190. The molecule has 5 nitrogen and oxygen atoms in total. The van der Waals surface area contributed by atoms with Crippen molar-refractivity contribution in [3.63, 3.8) is 0 Å². The first-order valence-corrected chi connectivity index (χ1v) is 7.16. The molecule has 0 aliphatic heterocycles. The molecule has 9 heteroatoms. The van der Waals surface area contributed by atoms with Gasteiger partial charge in [0.15, 0.2) is 0 Å². The van der Waals surface area contributed by atoms with Gasteiger partial charge < -0.3 is 10.5 Å². The molecule has 0 aliphatic carbocycles. The summed E-state index contributed by atoms with van der Waals surface area (Å²) in [6.07, 6.45) is -4.42. The van der Waals surface area contributed by atoms with Crippen LogP contribution in [0.4, 0.5) is 13.2 Å². The number of halogens is 3. The Morgan fingerprint density at radius 1 is 1.20 bits per heavy atom. The first-order chi connectivity index (χ1) is 9.24. The van der Waals surface area contributed by atoms with Gasteiger partial charge in [0, 0.05) is 13.1 Å². The van der Waals surface area contributed by atoms with Crippen molar-refractivity contribution in [2.24, 2.45) is 5.73 Å². The van der Waals surface area contributed by atoms with E-state index in [4.69, 9.17) is 5.73 Å². The molecule has 114 valence electrons. The predicted octanol–water partition coefficient (Wildman–Crippen LogP) is 1.00. The fourth-order valence-corrected chi connectivity index (χ4v) is 2.34. The Labute approximate surface area is 115 Å². The van der Waals surface area contributed by atoms with Gasteiger partial charge in [-0.15, -0.1) is 0 Å². The van der Waals surface area contributed by atoms with Crippen LogP contribution in [0.3, 0.4) is 0 Å². The molecule has 0 aromatic heterocycles. The molecule has 0 radical (unpaired) electrons. The van der Waals surface area contributed by atoms with Crippen LogP contribution < -0.4 is 10.5 Å². The average Bonchev–Trinajstić information content (AvgIpc) is 2.37. The minimum atomic E-state index is -4.42. The summed E-state index contributed by atoms with van der Waals surface area (Å²) in [5.41, 5.74) is 6.16. The first kappa shape index (κ1) is 16.9. The summed E-state index contributed by atoms with van der Waals surface area (Å²) < 4.78 is 65.3. The largest absolute Gasteiger partial charge is 0.411 e. The number of hydrogen-bond donors (Lipinski definition) is 2. The van der Waals surface area contributed by atoms with Crippen molar-refractivity contribution in [2.75, 3.05) is 19.8 Å². The maximum absolute atomic E-state index is 11.8. The Kier molecular flexibility index (Phi) is 5.93. The fourth-order valence-electron chi connectivity index (χ4n) is 1.32. The van der Waals surface area contributed by atoms with Gasteiger partial charge in [0.05, 0.1) is 11.5 Å². The van der Waals surface area contributed by atoms with E-state index in [9.17, 15) is 21.6 Å². The molecule has 0 saturated carbocycles. The van der Waals surface area contributed by atoms with Gasteiger partial charge >= 0.3 is 6.18 Å². The van der Waals surface area contributed by atoms with Crippen LogP contribution in [-0.4, -0.2) is 34.4 Å². The number of rotatable bonds is 7. The lowest BCUT2D eigenvalue weighted by atomic mass is 10.2. The third-order valence-electron chi connectivity index (χ3n) is 2.27. The van der Waals surface area contributed by atoms with Gasteiger partial charge in [0.2, 0.25) is 10.0 Å². The molecule has 0 saturated heterocycles. The second-order valence-electron chi connectivity index (χ2n) is 3.91. The van der Waals surface area contributed by atoms with E-state index in [1.165, 1.54) is 12.1 Å². The molecule has 0 unspecified atom stereocenters. The lowest BCUT2D eigenvalue weighted by Crippen LogP contribution is -2.29. The van der Waals surface area contributed by atoms with Crippen LogP contribution in [0.2, 0.25) is 0 Å². The highest BCUT2D eigenvalue weighted by molar-refractivity contribution is 7.89. The van der Waals surface area contributed by atoms with E-state index in [1.54, 1.807) is 12.1 Å². The Morgan fingerprint density at radius 2 is 1.80 bits per heavy atom. The third-order valence-corrected chi connectivity index (χ3v) is 3.75. The average molecular weight is 312 g/mol. The molecule has 3 N–H and O–H groups in total. The van der Waals surface area contributed by atoms with Crippen LogP contribution in [0.1, 0.15) is 5.56 Å². The van der Waals surface area contributed by atoms with Crippen LogP contribution in [0.15, 0.2) is 29.2 Å². The Morgan fingerprint density at radius 3 is 2.30 bits per heavy atom. The maximum atomic E-state index is 11.8. The standard InChI is InChI=1S/C11H15F3N2O3S/c12-11(13,14)8-19-6-5-16-20(17,18)10-3-1-9(7-15)2-4-10/h1-4,16H,5-8,15H2. The van der Waals surface area contributed by atoms with E-state index in [1.807, 2.05) is 0 Å². The highest BCUT2D eigenvalue weighted by Gasteiger charge is 2.27. The normalized spacial score (nSPS) is 12.6. The summed E-state index contributed by atoms with van der Waals surface area (Å²) in [5.74, 6) is 0. The number of benzene rings is 1. The van der Waals surface area contributed by atoms with E-state index in [0.717, 1.165) is 5.56 Å². The summed E-state index contributed by atoms with van der Waals surface area (Å²) in [5, 5.41) is 0. The van der Waals surface area contributed by atoms with Crippen molar-refractivity contribution in [1.82, 2.24) is 4.72 Å². The molecule has 1 rings (SSSR count). The van der Waals surface area contributed by atoms with Crippen LogP contribution >= 0.6 is 0 Å². The molecule has 0 heterocycles. The minimum absolute atomic E-state index is 0.0190. The van der Waals surface area contributed by atoms with Crippen LogP contribution in [0.5, 0.6) is 0 Å². The zero-order chi connectivity index (χ0) is 15.2. The molecule has 0 fully saturated rings. The predicted molar refractivity (Wildman–Crippen MR) is 66.4 cm³/mol. The lowest BCUT2D eigenvalue weighted by Gasteiger charge is -2.09. The second-order valence-corrected chi connectivity index (χ2v) is 5.68. The van der Waals surface area contributed by atoms with Crippen molar-refractivity contribution in [3.8, 4) is 0 Å². The molecular weight excluding hydrogens is 297 g/mol. The van der Waals surface area contributed by atoms with Crippen molar-refractivity contribution in [2.45, 2.75) is 17.6 Å². The van der Waals surface area contributed by atoms with Crippen molar-refractivity contribution in [3.05, 3.63) is 29.8 Å². The SMILES string of the molecule is NCc1ccc(S(=O)(=O)NCCOCC(F)(F)F)cc1. The molecular formula is C11H15F3N2O3S. The summed E-state index contributed by atoms with van der Waals surface area (Å²) in [6, 6.07) is 5.88. The molecule has 0 spiro atoms. The van der Waals surface area contributed by atoms with E-state index in [-0.39, 0.29) is 18.0 Å². The van der Waals surface area contributed by atoms with Crippen LogP contribution in [0, 0.1) is 0 Å². The lowest BCUT2D eigenvalue weighted by molar-refractivity contribution is -0.173. The summed E-state index contributed by atoms with van der Waals surface area (Å²) in [6.45, 7) is -1.71. The Bertz CT molecular complexity index is 515. The molecule has 20 heavy (non-hydrogen) atoms. The number of sulfonamides is 1. The third kappa shape index (κ3) is 5.87. The molecule has 0 amide bonds. The van der Waals surface area contributed by atoms with E-state index < -0.39 is 22.8 Å². The first-order valence-electron chi connectivity index (χ1n) is 5.68. The van der Waals surface area contributed by atoms with Gasteiger partial charge in [-0.2, -0.15) is 13.2 Å². The van der Waals surface area contributed by atoms with E-state index in [0.29, 0.717) is 6.54 Å². The summed E-state index contributed by atoms with van der Waals surface area (Å²) in [7, 11) is -3.75. The van der Waals surface area contributed by atoms with E-state index in [2.05, 4.69) is 9.46 Å². The number of hydrogen-bond acceptors (Lipinski definition) is 4. The monoisotopic (exact) mass is 312 g/mol. The van der Waals surface area contributed by atoms with Crippen LogP contribution in [0.25, 0.3) is 0 Å². The highest BCUT2D eigenvalue weighted by atomic mass is 32.2. The smallest absolute Gasteiger partial charge is 0.371 e. The quantitative estimate of drug-likeness (QED) is 0.736. The van der Waals surface area contributed by atoms with Gasteiger partial charge in [-0.1, -0.05) is 12.1 Å². The summed E-state index contributed by atoms with van der Waals surface area (Å²) >= 11 is 0. The Balaban J connectivity index is 2.45. The van der Waals surface area contributed by atoms with Gasteiger partial charge in [-0.25, -0.2) is 13.1 Å². The molecule has 0 aliphatic rings. The van der Waals surface area contributed by atoms with Gasteiger partial charge in [0.25, 0.3) is 0 Å². The van der Waals surface area contributed by atoms with Crippen molar-refractivity contribution < 1.29 is 26.3 Å². The molecule has 0 atom stereocenters. The number of ether oxygens (including phenoxy) is 1. The highest BCUT2D eigenvalue weighted by Crippen LogP contribution is 2.14. The van der Waals surface area contributed by atoms with Crippen molar-refractivity contribution in [1.29, 1.82) is 0 Å². The van der Waals surface area contributed by atoms with E-state index >= 15 is 0 Å². The zero-order valence-corrected chi connectivity index (χ0v) is 11.3. The van der Waals surface area contributed by atoms with Gasteiger partial charge in [0.1, 0.15) is 6.61 Å². The van der Waals surface area contributed by atoms with Gasteiger partial charge in [-0.3, -0.25) is 0 Å². The van der Waals surface area contributed by atoms with Gasteiger partial charge in [-0.05, 0) is 17.7 Å². The molecule has 1 aromatic carbocycles. The molecule has 0 bridgehead atoms. The topological polar surface area (TPSA) is 81.4 Å². The number of nitrogens with two attached hydrogens (primary N) is 1. The number of alkyl halides is 3. The Hall–Kier alpha value is -1.16. The second kappa shape index (κ2) is 7.02. The minimum Gasteiger partial charge on any atom is -0.371 e. The fraction of sp³-hybridized carbons (Fsp3) is 0.455.